The van der Waals surface area contributed by atoms with Crippen molar-refractivity contribution in [3.63, 3.8) is 0 Å². The molecule has 0 aliphatic carbocycles. The van der Waals surface area contributed by atoms with E-state index in [1.807, 2.05) is 0 Å². The summed E-state index contributed by atoms with van der Waals surface area (Å²) in [6.45, 7) is 0. The van der Waals surface area contributed by atoms with Crippen LogP contribution < -0.4 is 0 Å². The van der Waals surface area contributed by atoms with Crippen molar-refractivity contribution < 1.29 is 0 Å². The van der Waals surface area contributed by atoms with Crippen LogP contribution in [0.1, 0.15) is 0 Å². The van der Waals surface area contributed by atoms with Crippen molar-refractivity contribution in [2.75, 3.05) is 0 Å². The average molecular weight is 534 g/mol. The van der Waals surface area contributed by atoms with Crippen molar-refractivity contribution >= 4 is 32.4 Å². The van der Waals surface area contributed by atoms with Gasteiger partial charge in [0.2, 0.25) is 0 Å². The SMILES string of the molecule is c1ccc(-c2ccccc2-c2c3ccccc3c(-c3ccccc3-c3ccccc3)c3c2cnc2ccccc23)cc1. The first-order valence-corrected chi connectivity index (χ1v) is 14.4. The Morgan fingerprint density at radius 2 is 0.738 bits per heavy atom. The van der Waals surface area contributed by atoms with E-state index in [9.17, 15) is 0 Å². The Bertz CT molecular complexity index is 2230. The van der Waals surface area contributed by atoms with Crippen LogP contribution in [0.25, 0.3) is 77.0 Å². The van der Waals surface area contributed by atoms with Crippen LogP contribution in [0.5, 0.6) is 0 Å². The summed E-state index contributed by atoms with van der Waals surface area (Å²) in [4.78, 5) is 5.02. The first-order chi connectivity index (χ1) is 20.9. The van der Waals surface area contributed by atoms with E-state index >= 15 is 0 Å². The first kappa shape index (κ1) is 24.3. The maximum atomic E-state index is 5.02. The summed E-state index contributed by atoms with van der Waals surface area (Å²) in [5.41, 5.74) is 10.8. The minimum Gasteiger partial charge on any atom is -0.256 e. The third kappa shape index (κ3) is 3.90. The molecule has 42 heavy (non-hydrogen) atoms. The molecule has 0 spiro atoms. The van der Waals surface area contributed by atoms with Gasteiger partial charge in [0, 0.05) is 22.4 Å². The van der Waals surface area contributed by atoms with Crippen LogP contribution in [0.4, 0.5) is 0 Å². The quantitative estimate of drug-likeness (QED) is 0.162. The van der Waals surface area contributed by atoms with E-state index in [2.05, 4.69) is 164 Å². The number of rotatable bonds is 4. The Kier molecular flexibility index (Phi) is 5.86. The fourth-order valence-electron chi connectivity index (χ4n) is 6.51. The highest BCUT2D eigenvalue weighted by molar-refractivity contribution is 6.28. The van der Waals surface area contributed by atoms with Crippen molar-refractivity contribution in [1.82, 2.24) is 4.98 Å². The minimum atomic E-state index is 1.00. The van der Waals surface area contributed by atoms with Gasteiger partial charge in [0.15, 0.2) is 0 Å². The predicted molar refractivity (Wildman–Crippen MR) is 178 cm³/mol. The van der Waals surface area contributed by atoms with E-state index in [-0.39, 0.29) is 0 Å². The first-order valence-electron chi connectivity index (χ1n) is 14.4. The zero-order valence-electron chi connectivity index (χ0n) is 23.0. The molecule has 0 N–H and O–H groups in total. The fourth-order valence-corrected chi connectivity index (χ4v) is 6.51. The van der Waals surface area contributed by atoms with E-state index in [4.69, 9.17) is 4.98 Å². The van der Waals surface area contributed by atoms with Crippen molar-refractivity contribution in [2.45, 2.75) is 0 Å². The molecule has 0 fully saturated rings. The van der Waals surface area contributed by atoms with E-state index in [0.29, 0.717) is 0 Å². The van der Waals surface area contributed by atoms with Gasteiger partial charge in [-0.05, 0) is 61.3 Å². The number of aromatic nitrogens is 1. The van der Waals surface area contributed by atoms with Crippen LogP contribution in [-0.2, 0) is 0 Å². The molecule has 0 bridgehead atoms. The molecule has 1 heterocycles. The highest BCUT2D eigenvalue weighted by Gasteiger charge is 2.22. The molecule has 0 amide bonds. The molecule has 0 unspecified atom stereocenters. The van der Waals surface area contributed by atoms with Gasteiger partial charge < -0.3 is 0 Å². The summed E-state index contributed by atoms with van der Waals surface area (Å²) >= 11 is 0. The van der Waals surface area contributed by atoms with Gasteiger partial charge in [-0.3, -0.25) is 4.98 Å². The second-order valence-electron chi connectivity index (χ2n) is 10.7. The summed E-state index contributed by atoms with van der Waals surface area (Å²) in [5, 5.41) is 6.03. The van der Waals surface area contributed by atoms with Crippen LogP contribution in [0.15, 0.2) is 164 Å². The molecule has 1 heteroatoms. The minimum absolute atomic E-state index is 1.00. The summed E-state index contributed by atoms with van der Waals surface area (Å²) < 4.78 is 0. The van der Waals surface area contributed by atoms with E-state index < -0.39 is 0 Å². The lowest BCUT2D eigenvalue weighted by molar-refractivity contribution is 1.45. The lowest BCUT2D eigenvalue weighted by Crippen LogP contribution is -1.95. The molecule has 0 saturated carbocycles. The van der Waals surface area contributed by atoms with Gasteiger partial charge in [-0.1, -0.05) is 152 Å². The standard InChI is InChI=1S/C41H27N/c1-3-15-28(16-4-1)30-19-7-9-21-32(30)39-34-23-11-12-24-35(34)40(41-36-25-13-14-26-38(36)42-27-37(39)41)33-22-10-8-20-31(33)29-17-5-2-6-18-29/h1-27H. The molecule has 8 rings (SSSR count). The van der Waals surface area contributed by atoms with Gasteiger partial charge in [0.1, 0.15) is 0 Å². The summed E-state index contributed by atoms with van der Waals surface area (Å²) in [5.74, 6) is 0. The highest BCUT2D eigenvalue weighted by atomic mass is 14.7. The number of benzene rings is 7. The van der Waals surface area contributed by atoms with Crippen molar-refractivity contribution in [1.29, 1.82) is 0 Å². The smallest absolute Gasteiger partial charge is 0.0708 e. The number of fused-ring (bicyclic) bond motifs is 4. The van der Waals surface area contributed by atoms with Crippen molar-refractivity contribution in [3.8, 4) is 44.5 Å². The number of pyridine rings is 1. The van der Waals surface area contributed by atoms with Crippen LogP contribution in [-0.4, -0.2) is 4.98 Å². The summed E-state index contributed by atoms with van der Waals surface area (Å²) in [7, 11) is 0. The average Bonchev–Trinajstić information content (AvgIpc) is 3.08. The molecule has 0 radical (unpaired) electrons. The molecule has 1 aromatic heterocycles. The zero-order chi connectivity index (χ0) is 27.9. The van der Waals surface area contributed by atoms with Crippen LogP contribution in [0, 0.1) is 0 Å². The Balaban J connectivity index is 1.58. The summed E-state index contributed by atoms with van der Waals surface area (Å²) in [6.07, 6.45) is 2.09. The maximum Gasteiger partial charge on any atom is 0.0708 e. The Labute approximate surface area is 245 Å². The van der Waals surface area contributed by atoms with Crippen molar-refractivity contribution in [3.05, 3.63) is 164 Å². The lowest BCUT2D eigenvalue weighted by atomic mass is 9.82. The largest absolute Gasteiger partial charge is 0.256 e. The highest BCUT2D eigenvalue weighted by Crippen LogP contribution is 2.49. The monoisotopic (exact) mass is 533 g/mol. The van der Waals surface area contributed by atoms with Crippen LogP contribution >= 0.6 is 0 Å². The predicted octanol–water partition coefficient (Wildman–Crippen LogP) is 11.2. The number of para-hydroxylation sites is 1. The van der Waals surface area contributed by atoms with Crippen LogP contribution in [0.2, 0.25) is 0 Å². The molecule has 0 atom stereocenters. The molecule has 1 nitrogen and oxygen atoms in total. The molecule has 0 saturated heterocycles. The molecule has 0 aliphatic rings. The second kappa shape index (κ2) is 10.1. The van der Waals surface area contributed by atoms with Crippen molar-refractivity contribution in [2.24, 2.45) is 0 Å². The lowest BCUT2D eigenvalue weighted by Gasteiger charge is -2.22. The fraction of sp³-hybridized carbons (Fsp3) is 0. The Hall–Kier alpha value is -5.53. The Morgan fingerprint density at radius 3 is 1.33 bits per heavy atom. The molecule has 7 aromatic carbocycles. The van der Waals surface area contributed by atoms with Gasteiger partial charge >= 0.3 is 0 Å². The number of hydrogen-bond acceptors (Lipinski definition) is 1. The third-order valence-electron chi connectivity index (χ3n) is 8.32. The molecule has 0 aliphatic heterocycles. The number of nitrogens with zero attached hydrogens (tertiary/aromatic N) is 1. The zero-order valence-corrected chi connectivity index (χ0v) is 23.0. The maximum absolute atomic E-state index is 5.02. The third-order valence-corrected chi connectivity index (χ3v) is 8.32. The molecule has 8 aromatic rings. The van der Waals surface area contributed by atoms with Gasteiger partial charge in [0.25, 0.3) is 0 Å². The van der Waals surface area contributed by atoms with Crippen LogP contribution in [0.3, 0.4) is 0 Å². The Morgan fingerprint density at radius 1 is 0.310 bits per heavy atom. The topological polar surface area (TPSA) is 12.9 Å². The number of hydrogen-bond donors (Lipinski definition) is 0. The van der Waals surface area contributed by atoms with Gasteiger partial charge in [-0.15, -0.1) is 0 Å². The molecular weight excluding hydrogens is 506 g/mol. The summed E-state index contributed by atoms with van der Waals surface area (Å²) in [6, 6.07) is 56.4. The van der Waals surface area contributed by atoms with E-state index in [1.54, 1.807) is 0 Å². The van der Waals surface area contributed by atoms with Gasteiger partial charge in [-0.25, -0.2) is 0 Å². The molecule has 196 valence electrons. The van der Waals surface area contributed by atoms with Gasteiger partial charge in [-0.2, -0.15) is 0 Å². The van der Waals surface area contributed by atoms with E-state index in [0.717, 1.165) is 16.3 Å². The van der Waals surface area contributed by atoms with Gasteiger partial charge in [0.05, 0.1) is 5.52 Å². The second-order valence-corrected chi connectivity index (χ2v) is 10.7. The molecular formula is C41H27N. The normalized spacial score (nSPS) is 11.3. The van der Waals surface area contributed by atoms with E-state index in [1.165, 1.54) is 60.7 Å².